The van der Waals surface area contributed by atoms with Crippen LogP contribution < -0.4 is 10.1 Å². The van der Waals surface area contributed by atoms with Gasteiger partial charge in [-0.25, -0.2) is 4.39 Å². The summed E-state index contributed by atoms with van der Waals surface area (Å²) >= 11 is 3.27. The Hall–Kier alpha value is -1.39. The highest BCUT2D eigenvalue weighted by atomic mass is 79.9. The summed E-state index contributed by atoms with van der Waals surface area (Å²) in [6.45, 7) is 6.09. The second-order valence-electron chi connectivity index (χ2n) is 4.85. The molecular formula is C17H19BrFNO. The molecule has 0 aromatic heterocycles. The minimum absolute atomic E-state index is 0.270. The van der Waals surface area contributed by atoms with E-state index in [1.165, 1.54) is 6.07 Å². The van der Waals surface area contributed by atoms with Crippen LogP contribution in [0.25, 0.3) is 0 Å². The molecule has 2 aromatic rings. The molecule has 0 saturated carbocycles. The summed E-state index contributed by atoms with van der Waals surface area (Å²) in [7, 11) is 0. The summed E-state index contributed by atoms with van der Waals surface area (Å²) < 4.78 is 19.9. The Morgan fingerprint density at radius 1 is 1.14 bits per heavy atom. The number of rotatable bonds is 6. The standard InChI is InChI=1S/C17H19BrFNO/c1-3-20-10-13-7-4-6-12(2)17(13)21-11-14-8-5-9-15(19)16(14)18/h4-9,20H,3,10-11H2,1-2H3. The van der Waals surface area contributed by atoms with Gasteiger partial charge in [0.15, 0.2) is 0 Å². The van der Waals surface area contributed by atoms with E-state index in [0.717, 1.165) is 35.5 Å². The van der Waals surface area contributed by atoms with Gasteiger partial charge in [0, 0.05) is 17.7 Å². The summed E-state index contributed by atoms with van der Waals surface area (Å²) in [4.78, 5) is 0. The lowest BCUT2D eigenvalue weighted by Gasteiger charge is -2.15. The monoisotopic (exact) mass is 351 g/mol. The molecule has 21 heavy (non-hydrogen) atoms. The van der Waals surface area contributed by atoms with Crippen molar-refractivity contribution in [3.63, 3.8) is 0 Å². The second kappa shape index (κ2) is 7.57. The summed E-state index contributed by atoms with van der Waals surface area (Å²) in [6, 6.07) is 11.1. The number of hydrogen-bond acceptors (Lipinski definition) is 2. The zero-order valence-corrected chi connectivity index (χ0v) is 13.8. The highest BCUT2D eigenvalue weighted by Gasteiger charge is 2.10. The van der Waals surface area contributed by atoms with Crippen LogP contribution in [0.3, 0.4) is 0 Å². The predicted octanol–water partition coefficient (Wildman–Crippen LogP) is 4.59. The third-order valence-corrected chi connectivity index (χ3v) is 4.15. The molecule has 0 saturated heterocycles. The molecular weight excluding hydrogens is 333 g/mol. The fourth-order valence-corrected chi connectivity index (χ4v) is 2.51. The Kier molecular flexibility index (Phi) is 5.76. The highest BCUT2D eigenvalue weighted by Crippen LogP contribution is 2.27. The lowest BCUT2D eigenvalue weighted by molar-refractivity contribution is 0.298. The lowest BCUT2D eigenvalue weighted by atomic mass is 10.1. The molecule has 2 rings (SSSR count). The first-order valence-corrected chi connectivity index (χ1v) is 7.77. The van der Waals surface area contributed by atoms with E-state index < -0.39 is 0 Å². The van der Waals surface area contributed by atoms with Gasteiger partial charge in [0.05, 0.1) is 4.47 Å². The fourth-order valence-electron chi connectivity index (χ4n) is 2.13. The first-order chi connectivity index (χ1) is 10.1. The van der Waals surface area contributed by atoms with Crippen molar-refractivity contribution >= 4 is 15.9 Å². The van der Waals surface area contributed by atoms with Crippen LogP contribution >= 0.6 is 15.9 Å². The molecule has 0 spiro atoms. The molecule has 0 heterocycles. The molecule has 112 valence electrons. The first kappa shape index (κ1) is 16.0. The average molecular weight is 352 g/mol. The van der Waals surface area contributed by atoms with E-state index in [9.17, 15) is 4.39 Å². The molecule has 4 heteroatoms. The summed E-state index contributed by atoms with van der Waals surface area (Å²) in [5.41, 5.74) is 3.00. The maximum Gasteiger partial charge on any atom is 0.137 e. The maximum atomic E-state index is 13.5. The SMILES string of the molecule is CCNCc1cccc(C)c1OCc1cccc(F)c1Br. The smallest absolute Gasteiger partial charge is 0.137 e. The van der Waals surface area contributed by atoms with Gasteiger partial charge in [-0.3, -0.25) is 0 Å². The zero-order chi connectivity index (χ0) is 15.2. The van der Waals surface area contributed by atoms with Gasteiger partial charge >= 0.3 is 0 Å². The number of benzene rings is 2. The molecule has 0 bridgehead atoms. The molecule has 0 amide bonds. The molecule has 2 nitrogen and oxygen atoms in total. The Balaban J connectivity index is 2.17. The first-order valence-electron chi connectivity index (χ1n) is 6.98. The van der Waals surface area contributed by atoms with Gasteiger partial charge in [-0.1, -0.05) is 37.3 Å². The Bertz CT molecular complexity index is 616. The van der Waals surface area contributed by atoms with Crippen molar-refractivity contribution in [2.75, 3.05) is 6.54 Å². The number of ether oxygens (including phenoxy) is 1. The van der Waals surface area contributed by atoms with Crippen molar-refractivity contribution in [1.29, 1.82) is 0 Å². The van der Waals surface area contributed by atoms with Gasteiger partial charge in [0.1, 0.15) is 18.2 Å². The van der Waals surface area contributed by atoms with Crippen LogP contribution in [0.1, 0.15) is 23.6 Å². The Labute approximate surface area is 133 Å². The molecule has 0 fully saturated rings. The normalized spacial score (nSPS) is 10.7. The zero-order valence-electron chi connectivity index (χ0n) is 12.2. The predicted molar refractivity (Wildman–Crippen MR) is 87.0 cm³/mol. The van der Waals surface area contributed by atoms with Crippen LogP contribution in [-0.2, 0) is 13.2 Å². The van der Waals surface area contributed by atoms with Crippen LogP contribution in [0.2, 0.25) is 0 Å². The molecule has 0 unspecified atom stereocenters. The summed E-state index contributed by atoms with van der Waals surface area (Å²) in [5, 5.41) is 3.30. The van der Waals surface area contributed by atoms with Crippen molar-refractivity contribution in [2.45, 2.75) is 27.0 Å². The average Bonchev–Trinajstić information content (AvgIpc) is 2.48. The van der Waals surface area contributed by atoms with E-state index in [1.807, 2.05) is 31.2 Å². The maximum absolute atomic E-state index is 13.5. The van der Waals surface area contributed by atoms with Crippen molar-refractivity contribution in [3.8, 4) is 5.75 Å². The van der Waals surface area contributed by atoms with E-state index in [0.29, 0.717) is 11.1 Å². The number of nitrogens with one attached hydrogen (secondary N) is 1. The largest absolute Gasteiger partial charge is 0.488 e. The van der Waals surface area contributed by atoms with Gasteiger partial charge in [-0.05, 0) is 41.0 Å². The van der Waals surface area contributed by atoms with E-state index in [1.54, 1.807) is 6.07 Å². The topological polar surface area (TPSA) is 21.3 Å². The van der Waals surface area contributed by atoms with Crippen molar-refractivity contribution < 1.29 is 9.13 Å². The Morgan fingerprint density at radius 2 is 1.86 bits per heavy atom. The number of para-hydroxylation sites is 1. The molecule has 0 atom stereocenters. The van der Waals surface area contributed by atoms with Gasteiger partial charge in [0.2, 0.25) is 0 Å². The molecule has 0 aliphatic rings. The van der Waals surface area contributed by atoms with E-state index in [2.05, 4.69) is 28.2 Å². The molecule has 0 radical (unpaired) electrons. The molecule has 2 aromatic carbocycles. The van der Waals surface area contributed by atoms with Crippen LogP contribution in [-0.4, -0.2) is 6.54 Å². The fraction of sp³-hybridized carbons (Fsp3) is 0.294. The van der Waals surface area contributed by atoms with E-state index >= 15 is 0 Å². The number of halogens is 2. The third kappa shape index (κ3) is 4.05. The minimum Gasteiger partial charge on any atom is -0.488 e. The van der Waals surface area contributed by atoms with Crippen molar-refractivity contribution in [3.05, 3.63) is 63.4 Å². The van der Waals surface area contributed by atoms with Crippen molar-refractivity contribution in [1.82, 2.24) is 5.32 Å². The van der Waals surface area contributed by atoms with Gasteiger partial charge in [-0.2, -0.15) is 0 Å². The summed E-state index contributed by atoms with van der Waals surface area (Å²) in [6.07, 6.45) is 0. The van der Waals surface area contributed by atoms with Crippen LogP contribution in [0, 0.1) is 12.7 Å². The second-order valence-corrected chi connectivity index (χ2v) is 5.64. The van der Waals surface area contributed by atoms with Gasteiger partial charge in [-0.15, -0.1) is 0 Å². The van der Waals surface area contributed by atoms with Crippen molar-refractivity contribution in [2.24, 2.45) is 0 Å². The summed E-state index contributed by atoms with van der Waals surface area (Å²) in [5.74, 6) is 0.600. The van der Waals surface area contributed by atoms with E-state index in [4.69, 9.17) is 4.74 Å². The van der Waals surface area contributed by atoms with Gasteiger partial charge < -0.3 is 10.1 Å². The third-order valence-electron chi connectivity index (χ3n) is 3.26. The lowest BCUT2D eigenvalue weighted by Crippen LogP contribution is -2.13. The quantitative estimate of drug-likeness (QED) is 0.821. The van der Waals surface area contributed by atoms with Crippen LogP contribution in [0.15, 0.2) is 40.9 Å². The van der Waals surface area contributed by atoms with Crippen LogP contribution in [0.4, 0.5) is 4.39 Å². The van der Waals surface area contributed by atoms with Crippen LogP contribution in [0.5, 0.6) is 5.75 Å². The Morgan fingerprint density at radius 3 is 2.62 bits per heavy atom. The highest BCUT2D eigenvalue weighted by molar-refractivity contribution is 9.10. The minimum atomic E-state index is -0.270. The molecule has 0 aliphatic carbocycles. The number of aryl methyl sites for hydroxylation is 1. The van der Waals surface area contributed by atoms with Gasteiger partial charge in [0.25, 0.3) is 0 Å². The van der Waals surface area contributed by atoms with E-state index in [-0.39, 0.29) is 5.82 Å². The number of hydrogen-bond donors (Lipinski definition) is 1. The molecule has 1 N–H and O–H groups in total. The molecule has 0 aliphatic heterocycles.